The average Bonchev–Trinajstić information content (AvgIpc) is 3.55. The first-order chi connectivity index (χ1) is 20.9. The molecule has 44 heavy (non-hydrogen) atoms. The first kappa shape index (κ1) is 30.6. The number of halogens is 3. The van der Waals surface area contributed by atoms with Crippen molar-refractivity contribution in [2.75, 3.05) is 37.2 Å². The van der Waals surface area contributed by atoms with Crippen LogP contribution in [-0.2, 0) is 15.0 Å². The third-order valence-corrected chi connectivity index (χ3v) is 9.42. The molecule has 2 saturated heterocycles. The lowest BCUT2D eigenvalue weighted by Gasteiger charge is -2.40. The number of rotatable bonds is 7. The summed E-state index contributed by atoms with van der Waals surface area (Å²) in [6, 6.07) is 13.8. The molecule has 3 aromatic carbocycles. The minimum absolute atomic E-state index is 0.0799. The fraction of sp³-hybridized carbons (Fsp3) is 0.394. The van der Waals surface area contributed by atoms with Gasteiger partial charge in [0.05, 0.1) is 31.4 Å². The molecule has 0 aliphatic carbocycles. The number of methoxy groups -OCH3 is 1. The van der Waals surface area contributed by atoms with Crippen LogP contribution >= 0.6 is 23.2 Å². The molecule has 3 aliphatic rings. The number of carbonyl (C=O) groups is 2. The molecule has 232 valence electrons. The highest BCUT2D eigenvalue weighted by atomic mass is 35.5. The van der Waals surface area contributed by atoms with Crippen LogP contribution in [0, 0.1) is 11.2 Å². The van der Waals surface area contributed by atoms with Gasteiger partial charge >= 0.3 is 0 Å². The largest absolute Gasteiger partial charge is 0.493 e. The Kier molecular flexibility index (Phi) is 7.81. The number of fused-ring (bicyclic) bond motifs is 3. The van der Waals surface area contributed by atoms with Gasteiger partial charge in [-0.25, -0.2) is 4.39 Å². The van der Waals surface area contributed by atoms with E-state index in [1.54, 1.807) is 47.4 Å². The molecule has 1 spiro atoms. The standard InChI is InChI=1S/C33H34Cl2FN3O5/c1-32(2,3)16-26-33(21-10-8-18(34)14-23(21)37-31(33)42)27(20-6-5-7-22(35)28(20)36)29-30(41)38(17-39(26)29)19-9-11-24(44-13-12-40)25(15-19)43-4/h5-11,14-15,26-27,29,40H,12-13,16-17H2,1-4H3,(H,37,42). The van der Waals surface area contributed by atoms with Gasteiger partial charge < -0.3 is 19.9 Å². The lowest BCUT2D eigenvalue weighted by atomic mass is 9.62. The molecule has 3 aromatic rings. The number of hydrogen-bond acceptors (Lipinski definition) is 6. The molecule has 8 nitrogen and oxygen atoms in total. The van der Waals surface area contributed by atoms with Gasteiger partial charge in [-0.3, -0.25) is 19.4 Å². The molecule has 0 radical (unpaired) electrons. The van der Waals surface area contributed by atoms with Crippen molar-refractivity contribution < 1.29 is 28.6 Å². The zero-order valence-corrected chi connectivity index (χ0v) is 26.4. The summed E-state index contributed by atoms with van der Waals surface area (Å²) in [5, 5.41) is 12.6. The average molecular weight is 643 g/mol. The highest BCUT2D eigenvalue weighted by Crippen LogP contribution is 2.62. The number of nitrogens with one attached hydrogen (secondary N) is 1. The quantitative estimate of drug-likeness (QED) is 0.330. The van der Waals surface area contributed by atoms with Gasteiger partial charge in [-0.15, -0.1) is 0 Å². The maximum absolute atomic E-state index is 16.1. The van der Waals surface area contributed by atoms with Crippen LogP contribution in [0.5, 0.6) is 11.5 Å². The molecule has 2 N–H and O–H groups in total. The van der Waals surface area contributed by atoms with Crippen LogP contribution in [0.2, 0.25) is 10.0 Å². The van der Waals surface area contributed by atoms with E-state index in [0.29, 0.717) is 39.9 Å². The Balaban J connectivity index is 1.55. The Morgan fingerprint density at radius 3 is 2.57 bits per heavy atom. The summed E-state index contributed by atoms with van der Waals surface area (Å²) >= 11 is 12.7. The summed E-state index contributed by atoms with van der Waals surface area (Å²) < 4.78 is 27.2. The monoisotopic (exact) mass is 641 g/mol. The smallest absolute Gasteiger partial charge is 0.246 e. The van der Waals surface area contributed by atoms with Gasteiger partial charge in [0.15, 0.2) is 11.5 Å². The van der Waals surface area contributed by atoms with Crippen molar-refractivity contribution in [3.05, 3.63) is 81.6 Å². The highest BCUT2D eigenvalue weighted by molar-refractivity contribution is 6.31. The van der Waals surface area contributed by atoms with E-state index in [-0.39, 0.29) is 47.7 Å². The van der Waals surface area contributed by atoms with Gasteiger partial charge in [-0.1, -0.05) is 62.2 Å². The van der Waals surface area contributed by atoms with Crippen molar-refractivity contribution in [1.82, 2.24) is 4.90 Å². The molecule has 0 aromatic heterocycles. The molecule has 11 heteroatoms. The third-order valence-electron chi connectivity index (χ3n) is 8.89. The van der Waals surface area contributed by atoms with E-state index in [4.69, 9.17) is 32.7 Å². The van der Waals surface area contributed by atoms with E-state index in [1.165, 1.54) is 13.2 Å². The number of aliphatic hydroxyl groups is 1. The topological polar surface area (TPSA) is 91.3 Å². The van der Waals surface area contributed by atoms with Crippen molar-refractivity contribution in [2.45, 2.75) is 50.6 Å². The van der Waals surface area contributed by atoms with Gasteiger partial charge in [0, 0.05) is 34.4 Å². The maximum Gasteiger partial charge on any atom is 0.246 e. The molecule has 6 rings (SSSR count). The number of anilines is 2. The van der Waals surface area contributed by atoms with E-state index in [2.05, 4.69) is 26.1 Å². The fourth-order valence-electron chi connectivity index (χ4n) is 7.28. The molecule has 2 fully saturated rings. The molecule has 4 atom stereocenters. The van der Waals surface area contributed by atoms with Crippen molar-refractivity contribution in [2.24, 2.45) is 5.41 Å². The number of carbonyl (C=O) groups excluding carboxylic acids is 2. The van der Waals surface area contributed by atoms with E-state index < -0.39 is 29.2 Å². The number of ether oxygens (including phenoxy) is 2. The second kappa shape index (κ2) is 11.2. The Bertz CT molecular complexity index is 1650. The van der Waals surface area contributed by atoms with Gasteiger partial charge in [0.25, 0.3) is 0 Å². The Labute approximate surface area is 265 Å². The lowest BCUT2D eigenvalue weighted by Crippen LogP contribution is -2.52. The molecular formula is C33H34Cl2FN3O5. The summed E-state index contributed by atoms with van der Waals surface area (Å²) in [7, 11) is 1.50. The number of hydrogen-bond donors (Lipinski definition) is 2. The number of nitrogens with zero attached hydrogens (tertiary/aromatic N) is 2. The second-order valence-corrected chi connectivity index (χ2v) is 13.5. The van der Waals surface area contributed by atoms with Crippen LogP contribution in [-0.4, -0.2) is 60.9 Å². The summed E-state index contributed by atoms with van der Waals surface area (Å²) in [6.07, 6.45) is 0.538. The van der Waals surface area contributed by atoms with Crippen LogP contribution in [0.15, 0.2) is 54.6 Å². The Hall–Kier alpha value is -3.37. The molecule has 4 unspecified atom stereocenters. The zero-order valence-electron chi connectivity index (χ0n) is 24.9. The van der Waals surface area contributed by atoms with E-state index in [9.17, 15) is 14.7 Å². The SMILES string of the molecule is COc1cc(N2CN3C(C2=O)C(c2cccc(Cl)c2F)C2(C(=O)Nc4cc(Cl)ccc42)C3CC(C)(C)C)ccc1OCCO. The van der Waals surface area contributed by atoms with Crippen LogP contribution in [0.25, 0.3) is 0 Å². The Morgan fingerprint density at radius 2 is 1.86 bits per heavy atom. The second-order valence-electron chi connectivity index (χ2n) is 12.7. The molecule has 3 heterocycles. The molecule has 3 aliphatic heterocycles. The Morgan fingerprint density at radius 1 is 1.09 bits per heavy atom. The van der Waals surface area contributed by atoms with Crippen LogP contribution in [0.3, 0.4) is 0 Å². The van der Waals surface area contributed by atoms with Crippen molar-refractivity contribution in [1.29, 1.82) is 0 Å². The predicted molar refractivity (Wildman–Crippen MR) is 167 cm³/mol. The van der Waals surface area contributed by atoms with E-state index in [0.717, 1.165) is 0 Å². The third kappa shape index (κ3) is 4.72. The summed E-state index contributed by atoms with van der Waals surface area (Å²) in [6.45, 7) is 6.36. The number of aliphatic hydroxyl groups excluding tert-OH is 1. The van der Waals surface area contributed by atoms with Gasteiger partial charge in [0.1, 0.15) is 17.8 Å². The normalized spacial score (nSPS) is 24.5. The number of amides is 2. The summed E-state index contributed by atoms with van der Waals surface area (Å²) in [5.41, 5.74) is 0.459. The molecule has 0 bridgehead atoms. The maximum atomic E-state index is 16.1. The summed E-state index contributed by atoms with van der Waals surface area (Å²) in [4.78, 5) is 32.7. The highest BCUT2D eigenvalue weighted by Gasteiger charge is 2.71. The van der Waals surface area contributed by atoms with Crippen LogP contribution in [0.1, 0.15) is 44.2 Å². The van der Waals surface area contributed by atoms with Crippen molar-refractivity contribution >= 4 is 46.4 Å². The zero-order chi connectivity index (χ0) is 31.6. The van der Waals surface area contributed by atoms with Gasteiger partial charge in [-0.05, 0) is 53.3 Å². The first-order valence-corrected chi connectivity index (χ1v) is 15.2. The van der Waals surface area contributed by atoms with Crippen molar-refractivity contribution in [3.8, 4) is 11.5 Å². The van der Waals surface area contributed by atoms with Crippen LogP contribution in [0.4, 0.5) is 15.8 Å². The van der Waals surface area contributed by atoms with E-state index >= 15 is 4.39 Å². The molecular weight excluding hydrogens is 608 g/mol. The van der Waals surface area contributed by atoms with Gasteiger partial charge in [0.2, 0.25) is 11.8 Å². The molecule has 0 saturated carbocycles. The first-order valence-electron chi connectivity index (χ1n) is 14.5. The fourth-order valence-corrected chi connectivity index (χ4v) is 7.63. The number of benzene rings is 3. The molecule has 2 amide bonds. The van der Waals surface area contributed by atoms with Crippen molar-refractivity contribution in [3.63, 3.8) is 0 Å². The van der Waals surface area contributed by atoms with Crippen LogP contribution < -0.4 is 19.7 Å². The summed E-state index contributed by atoms with van der Waals surface area (Å²) in [5.74, 6) is -1.29. The van der Waals surface area contributed by atoms with Gasteiger partial charge in [-0.2, -0.15) is 0 Å². The predicted octanol–water partition coefficient (Wildman–Crippen LogP) is 5.98. The minimum Gasteiger partial charge on any atom is -0.493 e. The van der Waals surface area contributed by atoms with E-state index in [1.807, 2.05) is 11.0 Å². The minimum atomic E-state index is -1.30. The lowest BCUT2D eigenvalue weighted by molar-refractivity contribution is -0.122.